The highest BCUT2D eigenvalue weighted by atomic mass is 16.7. The number of rotatable bonds is 14. The predicted molar refractivity (Wildman–Crippen MR) is 171 cm³/mol. The van der Waals surface area contributed by atoms with Crippen molar-refractivity contribution in [3.63, 3.8) is 0 Å². The molecule has 1 fully saturated rings. The van der Waals surface area contributed by atoms with E-state index in [1.165, 1.54) is 7.11 Å². The van der Waals surface area contributed by atoms with E-state index in [1.807, 2.05) is 97.9 Å². The van der Waals surface area contributed by atoms with Crippen molar-refractivity contribution in [3.05, 3.63) is 108 Å². The Morgan fingerprint density at radius 2 is 1.17 bits per heavy atom. The van der Waals surface area contributed by atoms with Crippen LogP contribution in [-0.4, -0.2) is 68.1 Å². The van der Waals surface area contributed by atoms with Crippen LogP contribution in [0.1, 0.15) is 44.4 Å². The summed E-state index contributed by atoms with van der Waals surface area (Å²) in [6.07, 6.45) is -4.18. The number of benzene rings is 3. The van der Waals surface area contributed by atoms with Crippen LogP contribution < -0.4 is 5.32 Å². The smallest absolute Gasteiger partial charge is 0.408 e. The summed E-state index contributed by atoms with van der Waals surface area (Å²) in [5.41, 5.74) is 2.17. The van der Waals surface area contributed by atoms with Crippen molar-refractivity contribution in [2.45, 2.75) is 89.9 Å². The molecule has 1 aliphatic heterocycles. The zero-order valence-electron chi connectivity index (χ0n) is 27.1. The molecule has 0 bridgehead atoms. The Balaban J connectivity index is 1.58. The van der Waals surface area contributed by atoms with E-state index in [0.717, 1.165) is 16.7 Å². The topological polar surface area (TPSA) is 111 Å². The van der Waals surface area contributed by atoms with Crippen LogP contribution >= 0.6 is 0 Å². The largest absolute Gasteiger partial charge is 0.467 e. The van der Waals surface area contributed by atoms with Gasteiger partial charge in [0.2, 0.25) is 0 Å². The number of amides is 1. The van der Waals surface area contributed by atoms with Crippen LogP contribution in [0.15, 0.2) is 91.0 Å². The highest BCUT2D eigenvalue weighted by Gasteiger charge is 2.48. The van der Waals surface area contributed by atoms with Crippen molar-refractivity contribution in [2.75, 3.05) is 13.7 Å². The van der Waals surface area contributed by atoms with Crippen LogP contribution in [-0.2, 0) is 57.8 Å². The van der Waals surface area contributed by atoms with Gasteiger partial charge in [-0.1, -0.05) is 91.0 Å². The molecule has 10 nitrogen and oxygen atoms in total. The average molecular weight is 636 g/mol. The average Bonchev–Trinajstić information content (AvgIpc) is 3.04. The Morgan fingerprint density at radius 1 is 0.717 bits per heavy atom. The van der Waals surface area contributed by atoms with E-state index in [4.69, 9.17) is 33.2 Å². The Kier molecular flexibility index (Phi) is 13.1. The summed E-state index contributed by atoms with van der Waals surface area (Å²) >= 11 is 0. The van der Waals surface area contributed by atoms with E-state index in [-0.39, 0.29) is 13.2 Å². The van der Waals surface area contributed by atoms with Crippen LogP contribution in [0.3, 0.4) is 0 Å². The van der Waals surface area contributed by atoms with E-state index in [2.05, 4.69) is 5.32 Å². The number of methoxy groups -OCH3 is 1. The van der Waals surface area contributed by atoms with Gasteiger partial charge in [-0.2, -0.15) is 0 Å². The third-order valence-corrected chi connectivity index (χ3v) is 7.19. The van der Waals surface area contributed by atoms with Crippen LogP contribution in [0.25, 0.3) is 0 Å². The molecule has 3 aromatic rings. The molecule has 0 unspecified atom stereocenters. The first-order valence-electron chi connectivity index (χ1n) is 15.4. The first-order valence-corrected chi connectivity index (χ1v) is 15.4. The second-order valence-electron chi connectivity index (χ2n) is 12.0. The van der Waals surface area contributed by atoms with Gasteiger partial charge in [0.05, 0.1) is 39.6 Å². The monoisotopic (exact) mass is 635 g/mol. The highest BCUT2D eigenvalue weighted by molar-refractivity contribution is 5.81. The number of nitrogens with one attached hydrogen (secondary N) is 1. The lowest BCUT2D eigenvalue weighted by Crippen LogP contribution is -2.60. The molecular weight excluding hydrogens is 590 g/mol. The fraction of sp³-hybridized carbons (Fsp3) is 0.444. The summed E-state index contributed by atoms with van der Waals surface area (Å²) in [6.45, 7) is 7.69. The highest BCUT2D eigenvalue weighted by Crippen LogP contribution is 2.31. The van der Waals surface area contributed by atoms with Crippen LogP contribution in [0, 0.1) is 0 Å². The molecule has 0 aromatic heterocycles. The molecule has 0 spiro atoms. The fourth-order valence-electron chi connectivity index (χ4n) is 4.95. The van der Waals surface area contributed by atoms with E-state index in [1.54, 1.807) is 20.8 Å². The minimum atomic E-state index is -1.16. The number of hydrogen-bond donors (Lipinski definition) is 1. The van der Waals surface area contributed by atoms with Gasteiger partial charge >= 0.3 is 12.1 Å². The predicted octanol–water partition coefficient (Wildman–Crippen LogP) is 5.57. The summed E-state index contributed by atoms with van der Waals surface area (Å²) in [5, 5.41) is 2.54. The van der Waals surface area contributed by atoms with E-state index < -0.39 is 54.4 Å². The van der Waals surface area contributed by atoms with Crippen molar-refractivity contribution in [3.8, 4) is 0 Å². The Bertz CT molecular complexity index is 1330. The standard InChI is InChI=1S/C36H45NO9/c1-25-30(41-21-26-15-9-6-10-16-26)31(42-22-27-17-11-7-12-18-27)32(43-23-28-19-13-8-14-20-28)34(45-25)44-24-29(33(38)40-5)37-35(39)46-36(2,3)4/h6-20,25,29-32,34H,21-24H2,1-5H3,(H,37,39)/t25-,29-,30+,31+,32-,34+/m0/s1. The quantitative estimate of drug-likeness (QED) is 0.227. The van der Waals surface area contributed by atoms with Gasteiger partial charge in [0.1, 0.15) is 23.9 Å². The molecule has 0 radical (unpaired) electrons. The van der Waals surface area contributed by atoms with E-state index >= 15 is 0 Å². The van der Waals surface area contributed by atoms with Gasteiger partial charge < -0.3 is 38.5 Å². The lowest BCUT2D eigenvalue weighted by Gasteiger charge is -2.45. The Labute approximate surface area is 271 Å². The summed E-state index contributed by atoms with van der Waals surface area (Å²) in [7, 11) is 1.24. The van der Waals surface area contributed by atoms with Crippen molar-refractivity contribution >= 4 is 12.1 Å². The van der Waals surface area contributed by atoms with Gasteiger partial charge in [0.15, 0.2) is 12.3 Å². The first-order chi connectivity index (χ1) is 22.1. The lowest BCUT2D eigenvalue weighted by atomic mass is 9.98. The molecule has 248 valence electrons. The SMILES string of the molecule is COC(=O)[C@H](CO[C@@H]1O[C@@H](C)[C@@H](OCc2ccccc2)[C@@H](OCc2ccccc2)[C@@H]1OCc1ccccc1)NC(=O)OC(C)(C)C. The van der Waals surface area contributed by atoms with Crippen molar-refractivity contribution in [1.82, 2.24) is 5.32 Å². The van der Waals surface area contributed by atoms with Crippen molar-refractivity contribution in [2.24, 2.45) is 0 Å². The number of ether oxygens (including phenoxy) is 7. The molecule has 10 heteroatoms. The molecule has 0 saturated carbocycles. The van der Waals surface area contributed by atoms with Crippen molar-refractivity contribution < 1.29 is 42.7 Å². The van der Waals surface area contributed by atoms with Gasteiger partial charge in [-0.15, -0.1) is 0 Å². The maximum absolute atomic E-state index is 12.6. The zero-order valence-corrected chi connectivity index (χ0v) is 27.1. The second-order valence-corrected chi connectivity index (χ2v) is 12.0. The summed E-state index contributed by atoms with van der Waals surface area (Å²) < 4.78 is 42.4. The normalized spacial score (nSPS) is 22.1. The van der Waals surface area contributed by atoms with Crippen LogP contribution in [0.2, 0.25) is 0 Å². The second kappa shape index (κ2) is 17.2. The van der Waals surface area contributed by atoms with Gasteiger partial charge in [-0.3, -0.25) is 0 Å². The number of carbonyl (C=O) groups is 2. The van der Waals surface area contributed by atoms with Crippen LogP contribution in [0.5, 0.6) is 0 Å². The van der Waals surface area contributed by atoms with Crippen LogP contribution in [0.4, 0.5) is 4.79 Å². The van der Waals surface area contributed by atoms with Gasteiger partial charge in [-0.25, -0.2) is 9.59 Å². The zero-order chi connectivity index (χ0) is 32.9. The summed E-state index contributed by atoms with van der Waals surface area (Å²) in [6, 6.07) is 28.3. The minimum Gasteiger partial charge on any atom is -0.467 e. The molecule has 46 heavy (non-hydrogen) atoms. The maximum Gasteiger partial charge on any atom is 0.408 e. The first kappa shape index (κ1) is 35.1. The summed E-state index contributed by atoms with van der Waals surface area (Å²) in [4.78, 5) is 25.2. The van der Waals surface area contributed by atoms with Crippen molar-refractivity contribution in [1.29, 1.82) is 0 Å². The molecule has 6 atom stereocenters. The fourth-order valence-corrected chi connectivity index (χ4v) is 4.95. The molecule has 1 saturated heterocycles. The van der Waals surface area contributed by atoms with Gasteiger partial charge in [0.25, 0.3) is 0 Å². The third kappa shape index (κ3) is 10.9. The molecule has 1 amide bonds. The number of hydrogen-bond acceptors (Lipinski definition) is 9. The number of esters is 1. The van der Waals surface area contributed by atoms with E-state index in [0.29, 0.717) is 13.2 Å². The molecule has 1 N–H and O–H groups in total. The molecule has 0 aliphatic carbocycles. The lowest BCUT2D eigenvalue weighted by molar-refractivity contribution is -0.320. The van der Waals surface area contributed by atoms with Gasteiger partial charge in [0, 0.05) is 0 Å². The minimum absolute atomic E-state index is 0.246. The number of carbonyl (C=O) groups excluding carboxylic acids is 2. The molecule has 1 aliphatic rings. The Morgan fingerprint density at radius 3 is 1.63 bits per heavy atom. The maximum atomic E-state index is 12.6. The third-order valence-electron chi connectivity index (χ3n) is 7.19. The number of alkyl carbamates (subject to hydrolysis) is 1. The van der Waals surface area contributed by atoms with Gasteiger partial charge in [-0.05, 0) is 44.4 Å². The molecule has 1 heterocycles. The molecule has 4 rings (SSSR count). The van der Waals surface area contributed by atoms with E-state index in [9.17, 15) is 9.59 Å². The Hall–Kier alpha value is -3.80. The molecular formula is C36H45NO9. The molecule has 3 aromatic carbocycles. The summed E-state index contributed by atoms with van der Waals surface area (Å²) in [5.74, 6) is -0.697.